The van der Waals surface area contributed by atoms with Crippen molar-refractivity contribution >= 4 is 9.84 Å². The molecule has 1 fully saturated rings. The number of hydrogen-bond acceptors (Lipinski definition) is 3. The van der Waals surface area contributed by atoms with Crippen molar-refractivity contribution in [3.8, 4) is 0 Å². The highest BCUT2D eigenvalue weighted by atomic mass is 32.2. The summed E-state index contributed by atoms with van der Waals surface area (Å²) in [6.07, 6.45) is 3.43. The van der Waals surface area contributed by atoms with Crippen LogP contribution in [0, 0.1) is 6.92 Å². The van der Waals surface area contributed by atoms with Crippen molar-refractivity contribution in [3.05, 3.63) is 29.8 Å². The third kappa shape index (κ3) is 2.75. The molecule has 1 aromatic rings. The van der Waals surface area contributed by atoms with Gasteiger partial charge in [0.05, 0.1) is 10.1 Å². The smallest absolute Gasteiger partial charge is 0.181 e. The van der Waals surface area contributed by atoms with Gasteiger partial charge in [-0.1, -0.05) is 17.7 Å². The highest BCUT2D eigenvalue weighted by molar-refractivity contribution is 7.92. The Balaban J connectivity index is 2.15. The quantitative estimate of drug-likeness (QED) is 0.914. The van der Waals surface area contributed by atoms with Gasteiger partial charge in [-0.25, -0.2) is 8.42 Å². The van der Waals surface area contributed by atoms with Gasteiger partial charge in [-0.15, -0.1) is 0 Å². The average Bonchev–Trinajstić information content (AvgIpc) is 2.39. The van der Waals surface area contributed by atoms with Gasteiger partial charge in [-0.05, 0) is 51.8 Å². The zero-order chi connectivity index (χ0) is 13.2. The highest BCUT2D eigenvalue weighted by Crippen LogP contribution is 2.28. The first-order valence-electron chi connectivity index (χ1n) is 6.52. The van der Waals surface area contributed by atoms with E-state index in [-0.39, 0.29) is 5.25 Å². The van der Waals surface area contributed by atoms with E-state index >= 15 is 0 Å². The Hall–Kier alpha value is -0.870. The molecule has 1 N–H and O–H groups in total. The fraction of sp³-hybridized carbons (Fsp3) is 0.571. The van der Waals surface area contributed by atoms with Crippen molar-refractivity contribution < 1.29 is 8.42 Å². The molecule has 2 rings (SSSR count). The lowest BCUT2D eigenvalue weighted by Gasteiger charge is -2.28. The molecule has 100 valence electrons. The molecule has 1 aromatic carbocycles. The Bertz CT molecular complexity index is 485. The predicted molar refractivity (Wildman–Crippen MR) is 73.5 cm³/mol. The summed E-state index contributed by atoms with van der Waals surface area (Å²) >= 11 is 0. The molecule has 0 bridgehead atoms. The minimum atomic E-state index is -3.14. The number of sulfone groups is 1. The van der Waals surface area contributed by atoms with Crippen LogP contribution >= 0.6 is 0 Å². The van der Waals surface area contributed by atoms with E-state index in [1.807, 2.05) is 26.1 Å². The van der Waals surface area contributed by atoms with Gasteiger partial charge in [-0.3, -0.25) is 0 Å². The molecule has 1 aliphatic rings. The second kappa shape index (κ2) is 5.41. The van der Waals surface area contributed by atoms with E-state index < -0.39 is 9.84 Å². The molecule has 18 heavy (non-hydrogen) atoms. The lowest BCUT2D eigenvalue weighted by Crippen LogP contribution is -2.35. The Kier molecular flexibility index (Phi) is 4.07. The summed E-state index contributed by atoms with van der Waals surface area (Å²) in [5, 5.41) is 3.02. The van der Waals surface area contributed by atoms with Crippen LogP contribution in [0.1, 0.15) is 31.2 Å². The Morgan fingerprint density at radius 1 is 1.06 bits per heavy atom. The fourth-order valence-electron chi connectivity index (χ4n) is 2.58. The lowest BCUT2D eigenvalue weighted by molar-refractivity contribution is 0.391. The first-order chi connectivity index (χ1) is 8.54. The molecule has 0 aromatic heterocycles. The summed E-state index contributed by atoms with van der Waals surface area (Å²) < 4.78 is 24.9. The Morgan fingerprint density at radius 2 is 1.61 bits per heavy atom. The van der Waals surface area contributed by atoms with Gasteiger partial charge in [0.2, 0.25) is 0 Å². The van der Waals surface area contributed by atoms with Gasteiger partial charge < -0.3 is 5.32 Å². The molecule has 0 atom stereocenters. The van der Waals surface area contributed by atoms with E-state index in [2.05, 4.69) is 5.32 Å². The summed E-state index contributed by atoms with van der Waals surface area (Å²) in [4.78, 5) is 0.473. The molecule has 0 radical (unpaired) electrons. The van der Waals surface area contributed by atoms with E-state index in [4.69, 9.17) is 0 Å². The Labute approximate surface area is 110 Å². The minimum Gasteiger partial charge on any atom is -0.317 e. The topological polar surface area (TPSA) is 46.2 Å². The van der Waals surface area contributed by atoms with Crippen LogP contribution in [-0.4, -0.2) is 26.8 Å². The van der Waals surface area contributed by atoms with Gasteiger partial charge in [0.1, 0.15) is 0 Å². The molecule has 0 unspecified atom stereocenters. The fourth-order valence-corrected chi connectivity index (χ4v) is 4.38. The van der Waals surface area contributed by atoms with Crippen molar-refractivity contribution in [1.29, 1.82) is 0 Å². The second-order valence-electron chi connectivity index (χ2n) is 5.12. The largest absolute Gasteiger partial charge is 0.317 e. The monoisotopic (exact) mass is 267 g/mol. The molecule has 1 aliphatic carbocycles. The summed E-state index contributed by atoms with van der Waals surface area (Å²) in [5.74, 6) is 0. The van der Waals surface area contributed by atoms with Crippen molar-refractivity contribution in [3.63, 3.8) is 0 Å². The van der Waals surface area contributed by atoms with Gasteiger partial charge in [-0.2, -0.15) is 0 Å². The minimum absolute atomic E-state index is 0.204. The molecule has 0 saturated heterocycles. The molecule has 4 heteroatoms. The highest BCUT2D eigenvalue weighted by Gasteiger charge is 2.31. The lowest BCUT2D eigenvalue weighted by atomic mass is 9.95. The van der Waals surface area contributed by atoms with Crippen molar-refractivity contribution in [2.75, 3.05) is 7.05 Å². The third-order valence-corrected chi connectivity index (χ3v) is 6.15. The van der Waals surface area contributed by atoms with Gasteiger partial charge >= 0.3 is 0 Å². The van der Waals surface area contributed by atoms with Crippen LogP contribution in [0.3, 0.4) is 0 Å². The summed E-state index contributed by atoms with van der Waals surface area (Å²) in [6, 6.07) is 7.68. The van der Waals surface area contributed by atoms with Crippen LogP contribution in [0.15, 0.2) is 29.2 Å². The first kappa shape index (κ1) is 13.6. The molecule has 1 saturated carbocycles. The summed E-state index contributed by atoms with van der Waals surface area (Å²) in [5.41, 5.74) is 1.09. The molecule has 0 aliphatic heterocycles. The van der Waals surface area contributed by atoms with Crippen LogP contribution in [0.4, 0.5) is 0 Å². The van der Waals surface area contributed by atoms with E-state index in [1.165, 1.54) is 0 Å². The van der Waals surface area contributed by atoms with E-state index in [0.29, 0.717) is 10.9 Å². The van der Waals surface area contributed by atoms with E-state index in [0.717, 1.165) is 31.2 Å². The van der Waals surface area contributed by atoms with Crippen LogP contribution in [0.5, 0.6) is 0 Å². The molecular formula is C14H21NO2S. The number of rotatable bonds is 3. The molecule has 0 heterocycles. The van der Waals surface area contributed by atoms with Gasteiger partial charge in [0.15, 0.2) is 9.84 Å². The maximum atomic E-state index is 12.5. The van der Waals surface area contributed by atoms with E-state index in [1.54, 1.807) is 12.1 Å². The maximum Gasteiger partial charge on any atom is 0.181 e. The SMILES string of the molecule is CNC1CCC(S(=O)(=O)c2ccc(C)cc2)CC1. The summed E-state index contributed by atoms with van der Waals surface area (Å²) in [7, 11) is -1.19. The molecule has 3 nitrogen and oxygen atoms in total. The maximum absolute atomic E-state index is 12.5. The number of aryl methyl sites for hydroxylation is 1. The summed E-state index contributed by atoms with van der Waals surface area (Å²) in [6.45, 7) is 1.97. The van der Waals surface area contributed by atoms with Crippen LogP contribution < -0.4 is 5.32 Å². The van der Waals surface area contributed by atoms with Crippen molar-refractivity contribution in [2.45, 2.75) is 48.8 Å². The van der Waals surface area contributed by atoms with Gasteiger partial charge in [0, 0.05) is 6.04 Å². The van der Waals surface area contributed by atoms with Crippen molar-refractivity contribution in [2.24, 2.45) is 0 Å². The normalized spacial score (nSPS) is 25.0. The van der Waals surface area contributed by atoms with Crippen LogP contribution in [0.2, 0.25) is 0 Å². The van der Waals surface area contributed by atoms with Crippen molar-refractivity contribution in [1.82, 2.24) is 5.32 Å². The zero-order valence-electron chi connectivity index (χ0n) is 11.0. The standard InChI is InChI=1S/C14H21NO2S/c1-11-3-7-13(8-4-11)18(16,17)14-9-5-12(15-2)6-10-14/h3-4,7-8,12,14-15H,5-6,9-10H2,1-2H3. The molecular weight excluding hydrogens is 246 g/mol. The van der Waals surface area contributed by atoms with Crippen LogP contribution in [0.25, 0.3) is 0 Å². The third-order valence-electron chi connectivity index (χ3n) is 3.87. The zero-order valence-corrected chi connectivity index (χ0v) is 11.8. The Morgan fingerprint density at radius 3 is 2.11 bits per heavy atom. The van der Waals surface area contributed by atoms with E-state index in [9.17, 15) is 8.42 Å². The number of nitrogens with one attached hydrogen (secondary N) is 1. The number of benzene rings is 1. The number of hydrogen-bond donors (Lipinski definition) is 1. The second-order valence-corrected chi connectivity index (χ2v) is 7.35. The average molecular weight is 267 g/mol. The molecule has 0 spiro atoms. The molecule has 0 amide bonds. The first-order valence-corrected chi connectivity index (χ1v) is 8.06. The van der Waals surface area contributed by atoms with Crippen LogP contribution in [-0.2, 0) is 9.84 Å². The predicted octanol–water partition coefficient (Wildman–Crippen LogP) is 2.30. The van der Waals surface area contributed by atoms with Gasteiger partial charge in [0.25, 0.3) is 0 Å².